The van der Waals surface area contributed by atoms with Crippen LogP contribution in [0.1, 0.15) is 25.1 Å². The van der Waals surface area contributed by atoms with Crippen molar-refractivity contribution >= 4 is 45.5 Å². The molecule has 0 atom stereocenters. The fraction of sp³-hybridized carbons (Fsp3) is 0.269. The quantitative estimate of drug-likeness (QED) is 0.372. The van der Waals surface area contributed by atoms with Gasteiger partial charge in [0.05, 0.1) is 39.8 Å². The number of nitriles is 1. The van der Waals surface area contributed by atoms with E-state index in [0.29, 0.717) is 64.5 Å². The zero-order valence-electron chi connectivity index (χ0n) is 20.1. The van der Waals surface area contributed by atoms with Crippen LogP contribution in [0.5, 0.6) is 5.75 Å². The summed E-state index contributed by atoms with van der Waals surface area (Å²) in [5.41, 5.74) is 2.97. The molecule has 0 aliphatic heterocycles. The van der Waals surface area contributed by atoms with Gasteiger partial charge in [0.1, 0.15) is 17.6 Å². The number of nitrogens with zero attached hydrogens (tertiary/aromatic N) is 3. The molecule has 1 amide bonds. The maximum atomic E-state index is 13.7. The van der Waals surface area contributed by atoms with Gasteiger partial charge in [0.2, 0.25) is 5.91 Å². The summed E-state index contributed by atoms with van der Waals surface area (Å²) in [5.74, 6) is -0.393. The van der Waals surface area contributed by atoms with Gasteiger partial charge >= 0.3 is 0 Å². The van der Waals surface area contributed by atoms with Crippen molar-refractivity contribution in [3.05, 3.63) is 64.6 Å². The number of carbonyl (C=O) groups is 1. The van der Waals surface area contributed by atoms with E-state index in [4.69, 9.17) is 16.3 Å². The van der Waals surface area contributed by atoms with Gasteiger partial charge in [-0.25, -0.2) is 4.39 Å². The molecule has 0 saturated heterocycles. The minimum atomic E-state index is -0.541. The zero-order chi connectivity index (χ0) is 25.5. The van der Waals surface area contributed by atoms with E-state index in [1.165, 1.54) is 24.3 Å². The fourth-order valence-electron chi connectivity index (χ4n) is 3.48. The fourth-order valence-corrected chi connectivity index (χ4v) is 3.66. The Balaban J connectivity index is 2.16. The van der Waals surface area contributed by atoms with Gasteiger partial charge in [-0.2, -0.15) is 5.26 Å². The standard InChI is InChI=1S/C26H27ClFN5O2/c1-5-21-18(15-29)26(30-16-9-10-20(28)19(27)12-16)17-13-23(24(35-6-2)14-22(17)31-21)32-25(34)8-7-11-33(3)4/h7-10,12-14H,5-6,11H2,1-4H3,(H,30,31)(H,32,34)/b8-7+. The summed E-state index contributed by atoms with van der Waals surface area (Å²) >= 11 is 5.96. The number of aromatic nitrogens is 1. The number of carbonyl (C=O) groups excluding carboxylic acids is 1. The lowest BCUT2D eigenvalue weighted by Gasteiger charge is -2.18. The lowest BCUT2D eigenvalue weighted by molar-refractivity contribution is -0.111. The first kappa shape index (κ1) is 25.9. The Morgan fingerprint density at radius 2 is 2.06 bits per heavy atom. The van der Waals surface area contributed by atoms with Crippen LogP contribution >= 0.6 is 11.6 Å². The average Bonchev–Trinajstić information content (AvgIpc) is 2.81. The molecule has 3 aromatic rings. The van der Waals surface area contributed by atoms with E-state index in [1.54, 1.807) is 18.2 Å². The molecule has 0 aliphatic carbocycles. The van der Waals surface area contributed by atoms with E-state index in [-0.39, 0.29) is 10.9 Å². The third-order valence-corrected chi connectivity index (χ3v) is 5.38. The van der Waals surface area contributed by atoms with Crippen LogP contribution in [0.4, 0.5) is 21.5 Å². The van der Waals surface area contributed by atoms with Crippen LogP contribution in [0.25, 0.3) is 10.9 Å². The Morgan fingerprint density at radius 1 is 1.29 bits per heavy atom. The van der Waals surface area contributed by atoms with Crippen LogP contribution < -0.4 is 15.4 Å². The van der Waals surface area contributed by atoms with Crippen molar-refractivity contribution in [2.45, 2.75) is 20.3 Å². The number of anilines is 3. The summed E-state index contributed by atoms with van der Waals surface area (Å²) < 4.78 is 19.5. The number of amides is 1. The summed E-state index contributed by atoms with van der Waals surface area (Å²) in [6.07, 6.45) is 3.74. The maximum Gasteiger partial charge on any atom is 0.248 e. The molecule has 0 unspecified atom stereocenters. The van der Waals surface area contributed by atoms with Gasteiger partial charge in [-0.3, -0.25) is 9.78 Å². The molecule has 2 N–H and O–H groups in total. The topological polar surface area (TPSA) is 90.3 Å². The number of aryl methyl sites for hydroxylation is 1. The summed E-state index contributed by atoms with van der Waals surface area (Å²) in [7, 11) is 3.82. The Hall–Kier alpha value is -3.67. The highest BCUT2D eigenvalue weighted by Gasteiger charge is 2.18. The number of halogens is 2. The van der Waals surface area contributed by atoms with Crippen LogP contribution in [0.3, 0.4) is 0 Å². The summed E-state index contributed by atoms with van der Waals surface area (Å²) in [5, 5.41) is 16.5. The zero-order valence-corrected chi connectivity index (χ0v) is 20.8. The molecule has 0 spiro atoms. The van der Waals surface area contributed by atoms with E-state index in [9.17, 15) is 14.4 Å². The van der Waals surface area contributed by atoms with Crippen molar-refractivity contribution < 1.29 is 13.9 Å². The predicted molar refractivity (Wildman–Crippen MR) is 138 cm³/mol. The molecule has 0 fully saturated rings. The number of pyridine rings is 1. The second kappa shape index (κ2) is 11.6. The molecule has 3 rings (SSSR count). The minimum Gasteiger partial charge on any atom is -0.492 e. The summed E-state index contributed by atoms with van der Waals surface area (Å²) in [6.45, 7) is 4.77. The maximum absolute atomic E-state index is 13.7. The van der Waals surface area contributed by atoms with Gasteiger partial charge in [0.15, 0.2) is 0 Å². The largest absolute Gasteiger partial charge is 0.492 e. The molecule has 2 aromatic carbocycles. The molecule has 1 aromatic heterocycles. The molecule has 7 nitrogen and oxygen atoms in total. The Kier molecular flexibility index (Phi) is 8.63. The Labute approximate surface area is 209 Å². The second-order valence-corrected chi connectivity index (χ2v) is 8.39. The molecular formula is C26H27ClFN5O2. The Morgan fingerprint density at radius 3 is 2.69 bits per heavy atom. The lowest BCUT2D eigenvalue weighted by Crippen LogP contribution is -2.13. The first-order valence-corrected chi connectivity index (χ1v) is 11.5. The van der Waals surface area contributed by atoms with Crippen molar-refractivity contribution in [3.63, 3.8) is 0 Å². The van der Waals surface area contributed by atoms with E-state index in [1.807, 2.05) is 32.8 Å². The van der Waals surface area contributed by atoms with Gasteiger partial charge < -0.3 is 20.3 Å². The predicted octanol–water partition coefficient (Wildman–Crippen LogP) is 5.66. The molecule has 35 heavy (non-hydrogen) atoms. The molecule has 9 heteroatoms. The summed E-state index contributed by atoms with van der Waals surface area (Å²) in [6, 6.07) is 9.92. The van der Waals surface area contributed by atoms with Crippen molar-refractivity contribution in [1.29, 1.82) is 5.26 Å². The first-order chi connectivity index (χ1) is 16.8. The molecule has 182 valence electrons. The number of rotatable bonds is 9. The monoisotopic (exact) mass is 495 g/mol. The molecule has 0 saturated carbocycles. The highest BCUT2D eigenvalue weighted by molar-refractivity contribution is 6.31. The number of ether oxygens (including phenoxy) is 1. The molecule has 1 heterocycles. The first-order valence-electron chi connectivity index (χ1n) is 11.1. The SMILES string of the molecule is CCOc1cc2nc(CC)c(C#N)c(Nc3ccc(F)c(Cl)c3)c2cc1NC(=O)/C=C/CN(C)C. The molecular weight excluding hydrogens is 469 g/mol. The highest BCUT2D eigenvalue weighted by Crippen LogP contribution is 2.38. The molecule has 0 aliphatic rings. The van der Waals surface area contributed by atoms with E-state index in [0.717, 1.165) is 0 Å². The third-order valence-electron chi connectivity index (χ3n) is 5.09. The van der Waals surface area contributed by atoms with Crippen molar-refractivity contribution in [1.82, 2.24) is 9.88 Å². The highest BCUT2D eigenvalue weighted by atomic mass is 35.5. The Bertz CT molecular complexity index is 1320. The number of hydrogen-bond acceptors (Lipinski definition) is 6. The number of nitrogens with one attached hydrogen (secondary N) is 2. The number of benzene rings is 2. The van der Waals surface area contributed by atoms with Crippen LogP contribution in [0, 0.1) is 17.1 Å². The van der Waals surface area contributed by atoms with E-state index >= 15 is 0 Å². The molecule has 0 bridgehead atoms. The minimum absolute atomic E-state index is 0.0429. The van der Waals surface area contributed by atoms with E-state index < -0.39 is 5.82 Å². The van der Waals surface area contributed by atoms with E-state index in [2.05, 4.69) is 21.7 Å². The van der Waals surface area contributed by atoms with Gasteiger partial charge in [0.25, 0.3) is 0 Å². The second-order valence-electron chi connectivity index (χ2n) is 7.98. The number of hydrogen-bond donors (Lipinski definition) is 2. The third kappa shape index (κ3) is 6.27. The van der Waals surface area contributed by atoms with Crippen LogP contribution in [-0.2, 0) is 11.2 Å². The van der Waals surface area contributed by atoms with Crippen LogP contribution in [0.2, 0.25) is 5.02 Å². The number of likely N-dealkylation sites (N-methyl/N-ethyl adjacent to an activating group) is 1. The number of fused-ring (bicyclic) bond motifs is 1. The van der Waals surface area contributed by atoms with Crippen molar-refractivity contribution in [3.8, 4) is 11.8 Å². The van der Waals surface area contributed by atoms with Crippen molar-refractivity contribution in [2.24, 2.45) is 0 Å². The summed E-state index contributed by atoms with van der Waals surface area (Å²) in [4.78, 5) is 19.2. The van der Waals surface area contributed by atoms with Gasteiger partial charge in [-0.1, -0.05) is 24.6 Å². The van der Waals surface area contributed by atoms with Crippen LogP contribution in [-0.4, -0.2) is 43.0 Å². The van der Waals surface area contributed by atoms with Crippen LogP contribution in [0.15, 0.2) is 42.5 Å². The van der Waals surface area contributed by atoms with Crippen molar-refractivity contribution in [2.75, 3.05) is 37.9 Å². The lowest BCUT2D eigenvalue weighted by atomic mass is 10.0. The van der Waals surface area contributed by atoms with Gasteiger partial charge in [-0.05, 0) is 51.7 Å². The molecule has 0 radical (unpaired) electrons. The average molecular weight is 496 g/mol. The van der Waals surface area contributed by atoms with Gasteiger partial charge in [0, 0.05) is 29.8 Å². The normalized spacial score (nSPS) is 11.1. The smallest absolute Gasteiger partial charge is 0.248 e. The van der Waals surface area contributed by atoms with Gasteiger partial charge in [-0.15, -0.1) is 0 Å².